The number of aryl methyl sites for hydroxylation is 1. The molecule has 4 N–H and O–H groups in total. The van der Waals surface area contributed by atoms with E-state index in [-0.39, 0.29) is 23.3 Å². The Bertz CT molecular complexity index is 1300. The molecule has 2 atom stereocenters. The topological polar surface area (TPSA) is 86.6 Å². The van der Waals surface area contributed by atoms with Gasteiger partial charge in [0.2, 0.25) is 5.82 Å². The third-order valence-electron chi connectivity index (χ3n) is 7.22. The summed E-state index contributed by atoms with van der Waals surface area (Å²) in [5, 5.41) is 21.7. The van der Waals surface area contributed by atoms with Crippen LogP contribution in [0.3, 0.4) is 0 Å². The molecule has 2 unspecified atom stereocenters. The lowest BCUT2D eigenvalue weighted by Gasteiger charge is -2.28. The fourth-order valence-electron chi connectivity index (χ4n) is 4.59. The van der Waals surface area contributed by atoms with Crippen molar-refractivity contribution >= 4 is 17.5 Å². The van der Waals surface area contributed by atoms with E-state index >= 15 is 4.39 Å². The standard InChI is InChI=1S/C27H34F2N6O2S/c1-16-19(24(32-34(16)4)26(36)33-38-27(2)10-11-27)9-12-37-25-20(6-7-21(28)23(25)29)17-5-8-22-31-14-18(13-30-3)35(22)15-17/h5-8,14-15,22,26,30-31,33,36H,9-13H2,1-4H3. The second kappa shape index (κ2) is 10.7. The molecule has 0 amide bonds. The fraction of sp³-hybridized carbons (Fsp3) is 0.444. The lowest BCUT2D eigenvalue weighted by molar-refractivity contribution is 0.163. The second-order valence-electron chi connectivity index (χ2n) is 10.1. The molecule has 0 radical (unpaired) electrons. The van der Waals surface area contributed by atoms with E-state index in [0.29, 0.717) is 29.8 Å². The Morgan fingerprint density at radius 2 is 2.13 bits per heavy atom. The Balaban J connectivity index is 1.34. The molecular weight excluding hydrogens is 510 g/mol. The van der Waals surface area contributed by atoms with Gasteiger partial charge in [0, 0.05) is 65.3 Å². The summed E-state index contributed by atoms with van der Waals surface area (Å²) >= 11 is 1.52. The number of ether oxygens (including phenoxy) is 1. The van der Waals surface area contributed by atoms with Gasteiger partial charge in [0.25, 0.3) is 0 Å². The molecule has 8 nitrogen and oxygen atoms in total. The summed E-state index contributed by atoms with van der Waals surface area (Å²) in [5.74, 6) is -2.13. The van der Waals surface area contributed by atoms with Crippen LogP contribution in [0.2, 0.25) is 0 Å². The summed E-state index contributed by atoms with van der Waals surface area (Å²) in [6.45, 7) is 4.81. The molecule has 11 heteroatoms. The molecule has 0 spiro atoms. The number of hydrogen-bond acceptors (Lipinski definition) is 8. The number of halogens is 2. The monoisotopic (exact) mass is 544 g/mol. The molecule has 1 aromatic carbocycles. The van der Waals surface area contributed by atoms with Gasteiger partial charge in [-0.15, -0.1) is 0 Å². The van der Waals surface area contributed by atoms with Crippen LogP contribution in [-0.4, -0.2) is 50.9 Å². The first-order chi connectivity index (χ1) is 18.2. The number of rotatable bonds is 11. The van der Waals surface area contributed by atoms with E-state index in [1.54, 1.807) is 10.7 Å². The van der Waals surface area contributed by atoms with E-state index in [4.69, 9.17) is 4.74 Å². The third-order valence-corrected chi connectivity index (χ3v) is 8.47. The zero-order valence-corrected chi connectivity index (χ0v) is 22.8. The van der Waals surface area contributed by atoms with Crippen LogP contribution in [0.25, 0.3) is 5.57 Å². The maximum Gasteiger partial charge on any atom is 0.201 e. The number of hydrogen-bond donors (Lipinski definition) is 4. The molecule has 1 aliphatic carbocycles. The minimum Gasteiger partial charge on any atom is -0.489 e. The number of fused-ring (bicyclic) bond motifs is 1. The first kappa shape index (κ1) is 26.7. The van der Waals surface area contributed by atoms with Crippen molar-refractivity contribution in [3.05, 3.63) is 76.5 Å². The van der Waals surface area contributed by atoms with E-state index in [1.807, 2.05) is 45.6 Å². The highest BCUT2D eigenvalue weighted by molar-refractivity contribution is 7.99. The number of aliphatic hydroxyl groups excluding tert-OH is 1. The number of nitrogens with one attached hydrogen (secondary N) is 3. The minimum atomic E-state index is -1.02. The Morgan fingerprint density at radius 3 is 2.87 bits per heavy atom. The zero-order valence-electron chi connectivity index (χ0n) is 22.0. The van der Waals surface area contributed by atoms with E-state index < -0.39 is 17.9 Å². The van der Waals surface area contributed by atoms with Crippen molar-refractivity contribution in [3.63, 3.8) is 0 Å². The molecule has 2 aliphatic heterocycles. The van der Waals surface area contributed by atoms with Crippen LogP contribution in [0.4, 0.5) is 8.78 Å². The molecule has 3 aliphatic rings. The lowest BCUT2D eigenvalue weighted by atomic mass is 10.0. The predicted molar refractivity (Wildman–Crippen MR) is 145 cm³/mol. The number of allylic oxidation sites excluding steroid dienone is 2. The van der Waals surface area contributed by atoms with Crippen LogP contribution in [0, 0.1) is 18.6 Å². The lowest BCUT2D eigenvalue weighted by Crippen LogP contribution is -2.34. The van der Waals surface area contributed by atoms with Crippen molar-refractivity contribution in [1.82, 2.24) is 30.0 Å². The number of aliphatic hydroxyl groups is 1. The zero-order chi connectivity index (χ0) is 27.0. The van der Waals surface area contributed by atoms with Crippen molar-refractivity contribution in [3.8, 4) is 5.75 Å². The Kier molecular flexibility index (Phi) is 7.54. The number of benzene rings is 1. The van der Waals surface area contributed by atoms with E-state index in [1.165, 1.54) is 11.9 Å². The van der Waals surface area contributed by atoms with Gasteiger partial charge in [0.1, 0.15) is 11.9 Å². The van der Waals surface area contributed by atoms with Gasteiger partial charge in [-0.2, -0.15) is 9.49 Å². The minimum absolute atomic E-state index is 0.0237. The van der Waals surface area contributed by atoms with Crippen LogP contribution in [0.15, 0.2) is 42.4 Å². The van der Waals surface area contributed by atoms with Crippen LogP contribution in [-0.2, 0) is 13.5 Å². The molecule has 38 heavy (non-hydrogen) atoms. The highest BCUT2D eigenvalue weighted by atomic mass is 32.2. The maximum absolute atomic E-state index is 15.0. The molecule has 0 bridgehead atoms. The van der Waals surface area contributed by atoms with Crippen molar-refractivity contribution in [2.45, 2.75) is 50.3 Å². The van der Waals surface area contributed by atoms with Crippen molar-refractivity contribution < 1.29 is 18.6 Å². The summed E-state index contributed by atoms with van der Waals surface area (Å²) in [5.41, 5.74) is 4.42. The molecule has 5 rings (SSSR count). The quantitative estimate of drug-likeness (QED) is 0.252. The molecular formula is C27H34F2N6O2S. The Hall–Kier alpha value is -2.86. The Morgan fingerprint density at radius 1 is 1.34 bits per heavy atom. The van der Waals surface area contributed by atoms with Crippen LogP contribution < -0.4 is 20.1 Å². The summed E-state index contributed by atoms with van der Waals surface area (Å²) in [6.07, 6.45) is 9.31. The molecule has 0 saturated heterocycles. The molecule has 1 aromatic heterocycles. The number of nitrogens with zero attached hydrogens (tertiary/aromatic N) is 3. The third kappa shape index (κ3) is 5.33. The average Bonchev–Trinajstić information content (AvgIpc) is 3.41. The van der Waals surface area contributed by atoms with Gasteiger partial charge in [-0.25, -0.2) is 9.11 Å². The first-order valence-electron chi connectivity index (χ1n) is 12.7. The normalized spacial score (nSPS) is 20.1. The van der Waals surface area contributed by atoms with Gasteiger partial charge in [-0.3, -0.25) is 4.68 Å². The smallest absolute Gasteiger partial charge is 0.201 e. The molecule has 204 valence electrons. The fourth-order valence-corrected chi connectivity index (χ4v) is 5.40. The number of aromatic nitrogens is 2. The van der Waals surface area contributed by atoms with E-state index in [2.05, 4.69) is 32.3 Å². The average molecular weight is 545 g/mol. The highest BCUT2D eigenvalue weighted by Gasteiger charge is 2.39. The molecule has 1 fully saturated rings. The SMILES string of the molecule is CNCC1=CNC2C=CC(c3ccc(F)c(F)c3OCCc3c(C(O)NSC4(C)CC4)nn(C)c3C)=CN12. The van der Waals surface area contributed by atoms with Gasteiger partial charge in [0.05, 0.1) is 6.61 Å². The summed E-state index contributed by atoms with van der Waals surface area (Å²) < 4.78 is 40.2. The molecule has 1 saturated carbocycles. The van der Waals surface area contributed by atoms with Crippen molar-refractivity contribution in [2.24, 2.45) is 7.05 Å². The largest absolute Gasteiger partial charge is 0.489 e. The molecule has 2 aromatic rings. The number of likely N-dealkylation sites (N-methyl/N-ethyl adjacent to an activating group) is 1. The van der Waals surface area contributed by atoms with Gasteiger partial charge in [0.15, 0.2) is 17.8 Å². The van der Waals surface area contributed by atoms with Crippen LogP contribution >= 0.6 is 11.9 Å². The highest BCUT2D eigenvalue weighted by Crippen LogP contribution is 2.47. The van der Waals surface area contributed by atoms with Crippen molar-refractivity contribution in [2.75, 3.05) is 20.2 Å². The van der Waals surface area contributed by atoms with Gasteiger partial charge < -0.3 is 25.4 Å². The second-order valence-corrected chi connectivity index (χ2v) is 11.5. The van der Waals surface area contributed by atoms with E-state index in [9.17, 15) is 9.50 Å². The van der Waals surface area contributed by atoms with E-state index in [0.717, 1.165) is 35.9 Å². The van der Waals surface area contributed by atoms with Crippen molar-refractivity contribution in [1.29, 1.82) is 0 Å². The first-order valence-corrected chi connectivity index (χ1v) is 13.6. The van der Waals surface area contributed by atoms with Gasteiger partial charge in [-0.1, -0.05) is 18.0 Å². The Labute approximate surface area is 225 Å². The summed E-state index contributed by atoms with van der Waals surface area (Å²) in [6, 6.07) is 2.66. The van der Waals surface area contributed by atoms with Gasteiger partial charge in [-0.05, 0) is 51.9 Å². The van der Waals surface area contributed by atoms with Crippen LogP contribution in [0.5, 0.6) is 5.75 Å². The summed E-state index contributed by atoms with van der Waals surface area (Å²) in [4.78, 5) is 2.05. The maximum atomic E-state index is 15.0. The summed E-state index contributed by atoms with van der Waals surface area (Å²) in [7, 11) is 3.69. The molecule has 3 heterocycles. The van der Waals surface area contributed by atoms with Crippen LogP contribution in [0.1, 0.15) is 48.5 Å². The van der Waals surface area contributed by atoms with Gasteiger partial charge >= 0.3 is 0 Å². The predicted octanol–water partition coefficient (Wildman–Crippen LogP) is 3.61.